The fraction of sp³-hybridized carbons (Fsp3) is 0.400. The van der Waals surface area contributed by atoms with Gasteiger partial charge in [0.05, 0.1) is 5.92 Å². The van der Waals surface area contributed by atoms with Crippen LogP contribution in [-0.2, 0) is 22.6 Å². The van der Waals surface area contributed by atoms with Crippen LogP contribution < -0.4 is 5.32 Å². The highest BCUT2D eigenvalue weighted by molar-refractivity contribution is 5.89. The van der Waals surface area contributed by atoms with Crippen molar-refractivity contribution in [3.05, 3.63) is 59.2 Å². The Kier molecular flexibility index (Phi) is 5.61. The Hall–Kier alpha value is -2.76. The Morgan fingerprint density at radius 3 is 2.73 bits per heavy atom. The van der Waals surface area contributed by atoms with Crippen LogP contribution in [-0.4, -0.2) is 39.8 Å². The molecule has 0 radical (unpaired) electrons. The Balaban J connectivity index is 1.48. The van der Waals surface area contributed by atoms with Crippen LogP contribution in [0.4, 0.5) is 0 Å². The highest BCUT2D eigenvalue weighted by Gasteiger charge is 2.34. The third kappa shape index (κ3) is 4.65. The zero-order valence-electron chi connectivity index (χ0n) is 15.2. The van der Waals surface area contributed by atoms with E-state index in [1.54, 1.807) is 11.1 Å². The van der Waals surface area contributed by atoms with Gasteiger partial charge in [-0.25, -0.2) is 9.97 Å². The molecule has 0 saturated carbocycles. The van der Waals surface area contributed by atoms with Crippen LogP contribution in [0.1, 0.15) is 29.1 Å². The normalized spacial score (nSPS) is 16.8. The molecule has 26 heavy (non-hydrogen) atoms. The van der Waals surface area contributed by atoms with Crippen molar-refractivity contribution in [2.45, 2.75) is 33.2 Å². The number of likely N-dealkylation sites (tertiary alicyclic amines) is 1. The molecule has 1 aromatic carbocycles. The number of rotatable bonds is 6. The first-order valence-corrected chi connectivity index (χ1v) is 8.91. The van der Waals surface area contributed by atoms with Crippen molar-refractivity contribution in [3.8, 4) is 0 Å². The lowest BCUT2D eigenvalue weighted by Gasteiger charge is -2.17. The molecule has 6 nitrogen and oxygen atoms in total. The van der Waals surface area contributed by atoms with E-state index in [9.17, 15) is 9.59 Å². The van der Waals surface area contributed by atoms with Gasteiger partial charge in [0.25, 0.3) is 0 Å². The van der Waals surface area contributed by atoms with Gasteiger partial charge >= 0.3 is 0 Å². The van der Waals surface area contributed by atoms with E-state index in [4.69, 9.17) is 0 Å². The smallest absolute Gasteiger partial charge is 0.225 e. The van der Waals surface area contributed by atoms with Crippen molar-refractivity contribution in [1.29, 1.82) is 0 Å². The lowest BCUT2D eigenvalue weighted by Crippen LogP contribution is -2.34. The van der Waals surface area contributed by atoms with Crippen LogP contribution in [0.2, 0.25) is 0 Å². The Labute approximate surface area is 153 Å². The van der Waals surface area contributed by atoms with Gasteiger partial charge in [-0.1, -0.05) is 29.8 Å². The molecule has 136 valence electrons. The minimum absolute atomic E-state index is 0.0349. The minimum Gasteiger partial charge on any atom is -0.355 e. The molecule has 2 amide bonds. The van der Waals surface area contributed by atoms with E-state index in [2.05, 4.69) is 15.3 Å². The lowest BCUT2D eigenvalue weighted by atomic mass is 10.1. The second-order valence-corrected chi connectivity index (χ2v) is 6.82. The number of hydrogen-bond acceptors (Lipinski definition) is 4. The Bertz CT molecular complexity index is 789. The van der Waals surface area contributed by atoms with E-state index in [0.717, 1.165) is 11.3 Å². The summed E-state index contributed by atoms with van der Waals surface area (Å²) in [6.45, 7) is 5.45. The van der Waals surface area contributed by atoms with Crippen LogP contribution in [0.25, 0.3) is 0 Å². The summed E-state index contributed by atoms with van der Waals surface area (Å²) in [6, 6.07) is 9.96. The summed E-state index contributed by atoms with van der Waals surface area (Å²) >= 11 is 0. The number of hydrogen-bond donors (Lipinski definition) is 1. The van der Waals surface area contributed by atoms with E-state index in [1.807, 2.05) is 44.2 Å². The van der Waals surface area contributed by atoms with Gasteiger partial charge < -0.3 is 10.2 Å². The number of nitrogens with zero attached hydrogens (tertiary/aromatic N) is 3. The average molecular weight is 352 g/mol. The number of amides is 2. The molecule has 6 heteroatoms. The van der Waals surface area contributed by atoms with Crippen LogP contribution in [0.15, 0.2) is 36.5 Å². The minimum atomic E-state index is -0.286. The largest absolute Gasteiger partial charge is 0.355 e. The van der Waals surface area contributed by atoms with Crippen LogP contribution in [0, 0.1) is 19.8 Å². The first kappa shape index (κ1) is 18.0. The van der Waals surface area contributed by atoms with Gasteiger partial charge in [0, 0.05) is 44.4 Å². The third-order valence-electron chi connectivity index (χ3n) is 4.57. The van der Waals surface area contributed by atoms with Crippen molar-refractivity contribution in [2.75, 3.05) is 13.1 Å². The van der Waals surface area contributed by atoms with E-state index >= 15 is 0 Å². The summed E-state index contributed by atoms with van der Waals surface area (Å²) in [4.78, 5) is 34.8. The van der Waals surface area contributed by atoms with Crippen molar-refractivity contribution < 1.29 is 9.59 Å². The monoisotopic (exact) mass is 352 g/mol. The summed E-state index contributed by atoms with van der Waals surface area (Å²) in [6.07, 6.45) is 2.58. The molecule has 0 bridgehead atoms. The molecule has 0 spiro atoms. The van der Waals surface area contributed by atoms with Crippen molar-refractivity contribution in [1.82, 2.24) is 20.2 Å². The maximum Gasteiger partial charge on any atom is 0.225 e. The van der Waals surface area contributed by atoms with E-state index in [-0.39, 0.29) is 24.2 Å². The predicted octanol–water partition coefficient (Wildman–Crippen LogP) is 1.80. The standard InChI is InChI=1S/C20H24N4O2/c1-14-3-5-16(6-4-14)12-24-13-17(11-19(24)25)20(26)22-10-8-18-21-9-7-15(2)23-18/h3-7,9,17H,8,10-13H2,1-2H3,(H,22,26). The first-order valence-electron chi connectivity index (χ1n) is 8.91. The van der Waals surface area contributed by atoms with Crippen molar-refractivity contribution in [3.63, 3.8) is 0 Å². The summed E-state index contributed by atoms with van der Waals surface area (Å²) < 4.78 is 0. The van der Waals surface area contributed by atoms with Crippen molar-refractivity contribution in [2.24, 2.45) is 5.92 Å². The van der Waals surface area contributed by atoms with Gasteiger partial charge in [0.1, 0.15) is 5.82 Å². The molecule has 0 aliphatic carbocycles. The maximum absolute atomic E-state index is 12.4. The summed E-state index contributed by atoms with van der Waals surface area (Å²) in [5.41, 5.74) is 3.19. The molecular weight excluding hydrogens is 328 g/mol. The molecule has 1 N–H and O–H groups in total. The SMILES string of the molecule is Cc1ccc(CN2CC(C(=O)NCCc3nccc(C)n3)CC2=O)cc1. The second kappa shape index (κ2) is 8.08. The number of carbonyl (C=O) groups is 2. The van der Waals surface area contributed by atoms with E-state index in [1.165, 1.54) is 5.56 Å². The van der Waals surface area contributed by atoms with Gasteiger partial charge in [-0.05, 0) is 25.5 Å². The van der Waals surface area contributed by atoms with Gasteiger partial charge in [-0.3, -0.25) is 9.59 Å². The molecular formula is C20H24N4O2. The van der Waals surface area contributed by atoms with Gasteiger partial charge in [0.2, 0.25) is 11.8 Å². The highest BCUT2D eigenvalue weighted by atomic mass is 16.2. The first-order chi connectivity index (χ1) is 12.5. The highest BCUT2D eigenvalue weighted by Crippen LogP contribution is 2.20. The summed E-state index contributed by atoms with van der Waals surface area (Å²) in [7, 11) is 0. The lowest BCUT2D eigenvalue weighted by molar-refractivity contribution is -0.129. The predicted molar refractivity (Wildman–Crippen MR) is 98.2 cm³/mol. The van der Waals surface area contributed by atoms with Gasteiger partial charge in [-0.15, -0.1) is 0 Å². The molecule has 1 aromatic heterocycles. The summed E-state index contributed by atoms with van der Waals surface area (Å²) in [5.74, 6) is 0.394. The molecule has 1 saturated heterocycles. The Morgan fingerprint density at radius 2 is 2.00 bits per heavy atom. The van der Waals surface area contributed by atoms with Crippen LogP contribution >= 0.6 is 0 Å². The quantitative estimate of drug-likeness (QED) is 0.860. The third-order valence-corrected chi connectivity index (χ3v) is 4.57. The Morgan fingerprint density at radius 1 is 1.23 bits per heavy atom. The number of carbonyl (C=O) groups excluding carboxylic acids is 2. The molecule has 2 aromatic rings. The maximum atomic E-state index is 12.4. The zero-order valence-corrected chi connectivity index (χ0v) is 15.2. The number of aromatic nitrogens is 2. The number of nitrogens with one attached hydrogen (secondary N) is 1. The molecule has 1 unspecified atom stereocenters. The van der Waals surface area contributed by atoms with Crippen LogP contribution in [0.5, 0.6) is 0 Å². The average Bonchev–Trinajstić information content (AvgIpc) is 2.98. The van der Waals surface area contributed by atoms with Gasteiger partial charge in [-0.2, -0.15) is 0 Å². The van der Waals surface area contributed by atoms with E-state index < -0.39 is 0 Å². The molecule has 1 aliphatic rings. The topological polar surface area (TPSA) is 75.2 Å². The summed E-state index contributed by atoms with van der Waals surface area (Å²) in [5, 5.41) is 2.91. The number of aryl methyl sites for hydroxylation is 2. The van der Waals surface area contributed by atoms with E-state index in [0.29, 0.717) is 31.9 Å². The van der Waals surface area contributed by atoms with Gasteiger partial charge in [0.15, 0.2) is 0 Å². The zero-order chi connectivity index (χ0) is 18.5. The molecule has 3 rings (SSSR count). The fourth-order valence-electron chi connectivity index (χ4n) is 3.08. The fourth-order valence-corrected chi connectivity index (χ4v) is 3.08. The second-order valence-electron chi connectivity index (χ2n) is 6.82. The number of benzene rings is 1. The molecule has 1 fully saturated rings. The molecule has 1 atom stereocenters. The van der Waals surface area contributed by atoms with Crippen LogP contribution in [0.3, 0.4) is 0 Å². The molecule has 2 heterocycles. The molecule has 1 aliphatic heterocycles. The van der Waals surface area contributed by atoms with Crippen molar-refractivity contribution >= 4 is 11.8 Å².